The summed E-state index contributed by atoms with van der Waals surface area (Å²) >= 11 is 12.0. The average Bonchev–Trinajstić information content (AvgIpc) is 2.72. The van der Waals surface area contributed by atoms with Crippen LogP contribution in [0.4, 0.5) is 4.79 Å². The smallest absolute Gasteiger partial charge is 0.407 e. The number of hydrogen-bond donors (Lipinski definition) is 1. The Bertz CT molecular complexity index is 743. The quantitative estimate of drug-likeness (QED) is 0.822. The van der Waals surface area contributed by atoms with Crippen LogP contribution in [0.2, 0.25) is 10.0 Å². The summed E-state index contributed by atoms with van der Waals surface area (Å²) in [5.41, 5.74) is 0.745. The summed E-state index contributed by atoms with van der Waals surface area (Å²) in [7, 11) is -1.93. The van der Waals surface area contributed by atoms with Gasteiger partial charge in [0.25, 0.3) is 0 Å². The fraction of sp³-hybridized carbons (Fsp3) is 0.533. The number of carbonyl (C=O) groups is 1. The van der Waals surface area contributed by atoms with Crippen molar-refractivity contribution in [2.75, 3.05) is 39.5 Å². The van der Waals surface area contributed by atoms with E-state index in [1.165, 1.54) is 16.3 Å². The summed E-state index contributed by atoms with van der Waals surface area (Å²) < 4.78 is 30.5. The maximum Gasteiger partial charge on any atom is 0.407 e. The number of nitrogens with zero attached hydrogens (tertiary/aromatic N) is 2. The van der Waals surface area contributed by atoms with Crippen LogP contribution < -0.4 is 0 Å². The molecule has 1 saturated heterocycles. The first-order valence-corrected chi connectivity index (χ1v) is 10.2. The molecule has 7 nitrogen and oxygen atoms in total. The van der Waals surface area contributed by atoms with E-state index in [0.29, 0.717) is 10.0 Å². The van der Waals surface area contributed by atoms with E-state index in [-0.39, 0.29) is 32.2 Å². The largest absolute Gasteiger partial charge is 0.465 e. The topological polar surface area (TPSA) is 87.2 Å². The van der Waals surface area contributed by atoms with Crippen molar-refractivity contribution in [2.45, 2.75) is 12.0 Å². The molecular formula is C15H20Cl2N2O5S. The predicted molar refractivity (Wildman–Crippen MR) is 96.0 cm³/mol. The highest BCUT2D eigenvalue weighted by atomic mass is 35.5. The van der Waals surface area contributed by atoms with Gasteiger partial charge in [0.1, 0.15) is 0 Å². The molecule has 1 aromatic rings. The average molecular weight is 411 g/mol. The Labute approximate surface area is 157 Å². The highest BCUT2D eigenvalue weighted by molar-refractivity contribution is 7.88. The molecule has 2 rings (SSSR count). The van der Waals surface area contributed by atoms with Crippen LogP contribution in [0.5, 0.6) is 0 Å². The van der Waals surface area contributed by atoms with E-state index in [2.05, 4.69) is 0 Å². The van der Waals surface area contributed by atoms with Crippen LogP contribution in [0, 0.1) is 0 Å². The van der Waals surface area contributed by atoms with Crippen molar-refractivity contribution in [2.24, 2.45) is 0 Å². The van der Waals surface area contributed by atoms with Gasteiger partial charge in [0.2, 0.25) is 10.0 Å². The Kier molecular flexibility index (Phi) is 6.56. The minimum Gasteiger partial charge on any atom is -0.465 e. The normalized spacial score (nSPS) is 22.0. The Morgan fingerprint density at radius 1 is 1.40 bits per heavy atom. The van der Waals surface area contributed by atoms with Gasteiger partial charge in [0.05, 0.1) is 29.0 Å². The molecule has 1 fully saturated rings. The third-order valence-electron chi connectivity index (χ3n) is 4.20. The van der Waals surface area contributed by atoms with Crippen molar-refractivity contribution in [3.05, 3.63) is 33.8 Å². The highest BCUT2D eigenvalue weighted by Crippen LogP contribution is 2.31. The molecule has 2 unspecified atom stereocenters. The number of amides is 1. The Morgan fingerprint density at radius 3 is 2.64 bits per heavy atom. The molecule has 1 heterocycles. The van der Waals surface area contributed by atoms with Gasteiger partial charge >= 0.3 is 6.09 Å². The molecule has 1 aliphatic rings. The third-order valence-corrected chi connectivity index (χ3v) is 6.22. The summed E-state index contributed by atoms with van der Waals surface area (Å²) in [4.78, 5) is 12.7. The molecule has 0 aliphatic carbocycles. The predicted octanol–water partition coefficient (Wildman–Crippen LogP) is 2.35. The van der Waals surface area contributed by atoms with Crippen molar-refractivity contribution in [1.29, 1.82) is 0 Å². The molecule has 0 radical (unpaired) electrons. The highest BCUT2D eigenvalue weighted by Gasteiger charge is 2.33. The Morgan fingerprint density at radius 2 is 2.08 bits per heavy atom. The molecule has 0 bridgehead atoms. The number of ether oxygens (including phenoxy) is 1. The van der Waals surface area contributed by atoms with Crippen LogP contribution in [-0.4, -0.2) is 74.5 Å². The fourth-order valence-corrected chi connectivity index (χ4v) is 3.41. The van der Waals surface area contributed by atoms with Gasteiger partial charge < -0.3 is 14.7 Å². The van der Waals surface area contributed by atoms with E-state index in [4.69, 9.17) is 27.9 Å². The summed E-state index contributed by atoms with van der Waals surface area (Å²) in [6.45, 7) is 0.686. The van der Waals surface area contributed by atoms with E-state index in [1.54, 1.807) is 18.2 Å². The molecule has 25 heavy (non-hydrogen) atoms. The number of rotatable bonds is 4. The van der Waals surface area contributed by atoms with Gasteiger partial charge in [-0.2, -0.15) is 0 Å². The lowest BCUT2D eigenvalue weighted by molar-refractivity contribution is 0.0414. The van der Waals surface area contributed by atoms with Crippen molar-refractivity contribution in [3.8, 4) is 0 Å². The zero-order valence-electron chi connectivity index (χ0n) is 13.9. The lowest BCUT2D eigenvalue weighted by Crippen LogP contribution is -2.40. The van der Waals surface area contributed by atoms with Gasteiger partial charge in [-0.05, 0) is 17.7 Å². The summed E-state index contributed by atoms with van der Waals surface area (Å²) in [5, 5.41) is 10.1. The first-order chi connectivity index (χ1) is 11.6. The minimum atomic E-state index is -3.39. The number of likely N-dealkylation sites (N-methyl/N-ethyl adjacent to an activating group) is 1. The van der Waals surface area contributed by atoms with Crippen LogP contribution in [0.1, 0.15) is 11.5 Å². The van der Waals surface area contributed by atoms with E-state index in [1.807, 2.05) is 0 Å². The molecule has 0 saturated carbocycles. The third kappa shape index (κ3) is 5.21. The van der Waals surface area contributed by atoms with Gasteiger partial charge in [-0.15, -0.1) is 0 Å². The molecule has 2 atom stereocenters. The molecule has 1 aliphatic heterocycles. The standard InChI is InChI=1S/C15H20Cl2N2O5S/c1-18(25(2,22)23)9-14-11(8-19(15(20)21)5-6-24-14)10-3-4-12(16)13(17)7-10/h3-4,7,11,14H,5-6,8-9H2,1-2H3,(H,20,21). The molecule has 0 aromatic heterocycles. The molecule has 1 amide bonds. The minimum absolute atomic E-state index is 0.108. The number of benzene rings is 1. The molecular weight excluding hydrogens is 391 g/mol. The number of sulfonamides is 1. The molecule has 0 spiro atoms. The second-order valence-corrected chi connectivity index (χ2v) is 8.87. The van der Waals surface area contributed by atoms with Crippen molar-refractivity contribution < 1.29 is 23.1 Å². The lowest BCUT2D eigenvalue weighted by atomic mass is 9.92. The van der Waals surface area contributed by atoms with Crippen molar-refractivity contribution >= 4 is 39.3 Å². The number of hydrogen-bond acceptors (Lipinski definition) is 4. The summed E-state index contributed by atoms with van der Waals surface area (Å²) in [6.07, 6.45) is -0.450. The van der Waals surface area contributed by atoms with Crippen molar-refractivity contribution in [1.82, 2.24) is 9.21 Å². The molecule has 140 valence electrons. The van der Waals surface area contributed by atoms with Gasteiger partial charge in [-0.3, -0.25) is 0 Å². The zero-order valence-corrected chi connectivity index (χ0v) is 16.2. The monoisotopic (exact) mass is 410 g/mol. The Hall–Kier alpha value is -1.06. The lowest BCUT2D eigenvalue weighted by Gasteiger charge is -2.29. The number of halogens is 2. The second-order valence-electron chi connectivity index (χ2n) is 5.96. The van der Waals surface area contributed by atoms with Gasteiger partial charge in [-0.25, -0.2) is 17.5 Å². The first-order valence-electron chi connectivity index (χ1n) is 7.55. The fourth-order valence-electron chi connectivity index (χ4n) is 2.68. The molecule has 10 heteroatoms. The van der Waals surface area contributed by atoms with E-state index in [9.17, 15) is 18.3 Å². The molecule has 1 aromatic carbocycles. The van der Waals surface area contributed by atoms with E-state index < -0.39 is 22.2 Å². The summed E-state index contributed by atoms with van der Waals surface area (Å²) in [6, 6.07) is 5.05. The van der Waals surface area contributed by atoms with Gasteiger partial charge in [0.15, 0.2) is 0 Å². The second kappa shape index (κ2) is 8.09. The van der Waals surface area contributed by atoms with E-state index in [0.717, 1.165) is 11.8 Å². The van der Waals surface area contributed by atoms with Crippen LogP contribution in [-0.2, 0) is 14.8 Å². The van der Waals surface area contributed by atoms with E-state index >= 15 is 0 Å². The first kappa shape index (κ1) is 20.3. The van der Waals surface area contributed by atoms with Gasteiger partial charge in [-0.1, -0.05) is 29.3 Å². The van der Waals surface area contributed by atoms with Crippen molar-refractivity contribution in [3.63, 3.8) is 0 Å². The van der Waals surface area contributed by atoms with Crippen LogP contribution in [0.15, 0.2) is 18.2 Å². The maximum absolute atomic E-state index is 11.7. The summed E-state index contributed by atoms with van der Waals surface area (Å²) in [5.74, 6) is -0.377. The van der Waals surface area contributed by atoms with Crippen LogP contribution in [0.25, 0.3) is 0 Å². The van der Waals surface area contributed by atoms with Gasteiger partial charge in [0, 0.05) is 32.6 Å². The Balaban J connectivity index is 2.36. The number of carboxylic acid groups (broad SMARTS) is 1. The van der Waals surface area contributed by atoms with Crippen LogP contribution in [0.3, 0.4) is 0 Å². The SMILES string of the molecule is CN(CC1OCCN(C(=O)O)CC1c1ccc(Cl)c(Cl)c1)S(C)(=O)=O. The zero-order chi connectivity index (χ0) is 18.8. The maximum atomic E-state index is 11.7. The van der Waals surface area contributed by atoms with Crippen LogP contribution >= 0.6 is 23.2 Å². The molecule has 1 N–H and O–H groups in total.